The van der Waals surface area contributed by atoms with Crippen LogP contribution in [-0.4, -0.2) is 6.54 Å². The van der Waals surface area contributed by atoms with Crippen molar-refractivity contribution in [2.75, 3.05) is 6.54 Å². The number of benzene rings is 1. The third kappa shape index (κ3) is 1.86. The average molecular weight is 269 g/mol. The second-order valence-corrected chi connectivity index (χ2v) is 7.28. The maximum atomic E-state index is 3.59. The van der Waals surface area contributed by atoms with Gasteiger partial charge in [-0.25, -0.2) is 0 Å². The van der Waals surface area contributed by atoms with Crippen LogP contribution in [0.3, 0.4) is 0 Å². The number of fused-ring (bicyclic) bond motifs is 2. The van der Waals surface area contributed by atoms with Gasteiger partial charge in [-0.2, -0.15) is 0 Å². The lowest BCUT2D eigenvalue weighted by atomic mass is 9.96. The summed E-state index contributed by atoms with van der Waals surface area (Å²) in [5.41, 5.74) is 6.17. The van der Waals surface area contributed by atoms with Gasteiger partial charge in [-0.15, -0.1) is 11.3 Å². The zero-order chi connectivity index (χ0) is 13.0. The third-order valence-electron chi connectivity index (χ3n) is 4.43. The number of rotatable bonds is 1. The lowest BCUT2D eigenvalue weighted by molar-refractivity contribution is 0.541. The van der Waals surface area contributed by atoms with Crippen LogP contribution in [0.15, 0.2) is 24.3 Å². The second kappa shape index (κ2) is 3.94. The molecule has 1 fully saturated rings. The quantitative estimate of drug-likeness (QED) is 0.819. The third-order valence-corrected chi connectivity index (χ3v) is 5.90. The Balaban J connectivity index is 1.82. The van der Waals surface area contributed by atoms with Gasteiger partial charge in [0.05, 0.1) is 0 Å². The molecule has 1 aromatic heterocycles. The van der Waals surface area contributed by atoms with E-state index < -0.39 is 0 Å². The molecule has 1 saturated carbocycles. The molecule has 1 nitrogen and oxygen atoms in total. The Kier molecular flexibility index (Phi) is 2.42. The van der Waals surface area contributed by atoms with Crippen LogP contribution in [0.2, 0.25) is 0 Å². The molecular weight excluding hydrogens is 250 g/mol. The van der Waals surface area contributed by atoms with Crippen LogP contribution in [0, 0.1) is 13.8 Å². The maximum Gasteiger partial charge on any atom is 0.0349 e. The second-order valence-electron chi connectivity index (χ2n) is 6.23. The highest BCUT2D eigenvalue weighted by molar-refractivity contribution is 7.15. The van der Waals surface area contributed by atoms with E-state index >= 15 is 0 Å². The van der Waals surface area contributed by atoms with Crippen LogP contribution >= 0.6 is 11.3 Å². The monoisotopic (exact) mass is 269 g/mol. The van der Waals surface area contributed by atoms with Gasteiger partial charge in [0, 0.05) is 28.3 Å². The summed E-state index contributed by atoms with van der Waals surface area (Å²) < 4.78 is 0. The van der Waals surface area contributed by atoms with Crippen molar-refractivity contribution < 1.29 is 0 Å². The summed E-state index contributed by atoms with van der Waals surface area (Å²) in [6.07, 6.45) is 2.75. The van der Waals surface area contributed by atoms with Crippen molar-refractivity contribution in [2.24, 2.45) is 0 Å². The standard InChI is InChI=1S/C17H19NS/c1-11-5-12(2)7-13(6-11)15-8-14-9-18-10-17(3-4-17)16(14)19-15/h5-8,18H,3-4,9-10H2,1-2H3. The Morgan fingerprint density at radius 3 is 2.47 bits per heavy atom. The molecule has 2 aliphatic rings. The fraction of sp³-hybridized carbons (Fsp3) is 0.412. The molecule has 1 aliphatic carbocycles. The van der Waals surface area contributed by atoms with Crippen molar-refractivity contribution in [3.05, 3.63) is 45.8 Å². The first-order valence-electron chi connectivity index (χ1n) is 7.09. The minimum absolute atomic E-state index is 0.509. The average Bonchev–Trinajstić information content (AvgIpc) is 2.98. The van der Waals surface area contributed by atoms with E-state index in [9.17, 15) is 0 Å². The first-order chi connectivity index (χ1) is 9.16. The van der Waals surface area contributed by atoms with Crippen LogP contribution in [0.1, 0.15) is 34.4 Å². The molecule has 0 radical (unpaired) electrons. The van der Waals surface area contributed by atoms with Crippen LogP contribution in [0.4, 0.5) is 0 Å². The van der Waals surface area contributed by atoms with Crippen molar-refractivity contribution in [1.29, 1.82) is 0 Å². The van der Waals surface area contributed by atoms with Crippen LogP contribution in [-0.2, 0) is 12.0 Å². The summed E-state index contributed by atoms with van der Waals surface area (Å²) in [6, 6.07) is 9.30. The van der Waals surface area contributed by atoms with Crippen LogP contribution in [0.5, 0.6) is 0 Å². The molecule has 0 bridgehead atoms. The van der Waals surface area contributed by atoms with E-state index in [4.69, 9.17) is 0 Å². The van der Waals surface area contributed by atoms with Gasteiger partial charge < -0.3 is 5.32 Å². The van der Waals surface area contributed by atoms with Gasteiger partial charge in [-0.1, -0.05) is 29.3 Å². The van der Waals surface area contributed by atoms with Gasteiger partial charge in [0.1, 0.15) is 0 Å². The van der Waals surface area contributed by atoms with Crippen molar-refractivity contribution in [2.45, 2.75) is 38.6 Å². The number of hydrogen-bond acceptors (Lipinski definition) is 2. The highest BCUT2D eigenvalue weighted by Gasteiger charge is 2.48. The van der Waals surface area contributed by atoms with E-state index in [2.05, 4.69) is 43.4 Å². The van der Waals surface area contributed by atoms with Crippen LogP contribution < -0.4 is 5.32 Å². The molecule has 1 aromatic carbocycles. The topological polar surface area (TPSA) is 12.0 Å². The molecule has 2 heterocycles. The van der Waals surface area contributed by atoms with Crippen molar-refractivity contribution in [1.82, 2.24) is 5.32 Å². The normalized spacial score (nSPS) is 19.5. The minimum Gasteiger partial charge on any atom is -0.312 e. The molecule has 0 atom stereocenters. The number of aryl methyl sites for hydroxylation is 2. The molecular formula is C17H19NS. The van der Waals surface area contributed by atoms with E-state index in [1.165, 1.54) is 41.0 Å². The van der Waals surface area contributed by atoms with Crippen molar-refractivity contribution in [3.8, 4) is 10.4 Å². The zero-order valence-corrected chi connectivity index (χ0v) is 12.4. The SMILES string of the molecule is Cc1cc(C)cc(-c2cc3c(s2)C2(CC2)CNC3)c1. The summed E-state index contributed by atoms with van der Waals surface area (Å²) in [4.78, 5) is 3.12. The largest absolute Gasteiger partial charge is 0.312 e. The lowest BCUT2D eigenvalue weighted by Crippen LogP contribution is -2.31. The van der Waals surface area contributed by atoms with Gasteiger partial charge in [-0.05, 0) is 43.9 Å². The highest BCUT2D eigenvalue weighted by Crippen LogP contribution is 2.54. The molecule has 98 valence electrons. The molecule has 19 heavy (non-hydrogen) atoms. The molecule has 1 aliphatic heterocycles. The Morgan fingerprint density at radius 1 is 1.05 bits per heavy atom. The summed E-state index contributed by atoms with van der Waals surface area (Å²) in [7, 11) is 0. The first-order valence-corrected chi connectivity index (χ1v) is 7.91. The van der Waals surface area contributed by atoms with Gasteiger partial charge in [0.25, 0.3) is 0 Å². The lowest BCUT2D eigenvalue weighted by Gasteiger charge is -2.22. The molecule has 0 saturated heterocycles. The maximum absolute atomic E-state index is 3.59. The molecule has 0 amide bonds. The predicted molar refractivity (Wildman–Crippen MR) is 81.8 cm³/mol. The molecule has 2 heteroatoms. The molecule has 1 spiro atoms. The number of nitrogens with one attached hydrogen (secondary N) is 1. The van der Waals surface area contributed by atoms with E-state index in [-0.39, 0.29) is 0 Å². The van der Waals surface area contributed by atoms with Crippen molar-refractivity contribution >= 4 is 11.3 Å². The zero-order valence-electron chi connectivity index (χ0n) is 11.5. The van der Waals surface area contributed by atoms with E-state index in [0.29, 0.717) is 5.41 Å². The summed E-state index contributed by atoms with van der Waals surface area (Å²) in [5.74, 6) is 0. The number of hydrogen-bond donors (Lipinski definition) is 1. The first kappa shape index (κ1) is 11.7. The Morgan fingerprint density at radius 2 is 1.79 bits per heavy atom. The van der Waals surface area contributed by atoms with Crippen LogP contribution in [0.25, 0.3) is 10.4 Å². The molecule has 0 unspecified atom stereocenters. The van der Waals surface area contributed by atoms with Gasteiger partial charge in [-0.3, -0.25) is 0 Å². The predicted octanol–water partition coefficient (Wildman–Crippen LogP) is 4.17. The fourth-order valence-corrected chi connectivity index (χ4v) is 4.75. The number of thiophene rings is 1. The molecule has 4 rings (SSSR count). The Bertz CT molecular complexity index is 629. The minimum atomic E-state index is 0.509. The Hall–Kier alpha value is -1.12. The Labute approximate surface area is 118 Å². The summed E-state index contributed by atoms with van der Waals surface area (Å²) in [6.45, 7) is 6.62. The smallest absolute Gasteiger partial charge is 0.0349 e. The summed E-state index contributed by atoms with van der Waals surface area (Å²) >= 11 is 2.04. The van der Waals surface area contributed by atoms with E-state index in [1.807, 2.05) is 11.3 Å². The van der Waals surface area contributed by atoms with Crippen molar-refractivity contribution in [3.63, 3.8) is 0 Å². The summed E-state index contributed by atoms with van der Waals surface area (Å²) in [5, 5.41) is 3.59. The highest BCUT2D eigenvalue weighted by atomic mass is 32.1. The van der Waals surface area contributed by atoms with Gasteiger partial charge in [0.2, 0.25) is 0 Å². The van der Waals surface area contributed by atoms with E-state index in [0.717, 1.165) is 6.54 Å². The van der Waals surface area contributed by atoms with E-state index in [1.54, 1.807) is 10.4 Å². The molecule has 1 N–H and O–H groups in total. The molecule has 2 aromatic rings. The van der Waals surface area contributed by atoms with Gasteiger partial charge >= 0.3 is 0 Å². The van der Waals surface area contributed by atoms with Gasteiger partial charge in [0.15, 0.2) is 0 Å². The fourth-order valence-electron chi connectivity index (χ4n) is 3.34.